The lowest BCUT2D eigenvalue weighted by Gasteiger charge is -2.32. The van der Waals surface area contributed by atoms with Crippen molar-refractivity contribution in [2.45, 2.75) is 38.5 Å². The molecule has 0 unspecified atom stereocenters. The van der Waals surface area contributed by atoms with Crippen LogP contribution in [0.25, 0.3) is 0 Å². The van der Waals surface area contributed by atoms with Crippen molar-refractivity contribution in [3.63, 3.8) is 0 Å². The first-order valence-corrected chi connectivity index (χ1v) is 8.88. The Kier molecular flexibility index (Phi) is 5.05. The minimum Gasteiger partial charge on any atom is -0.507 e. The average molecular weight is 362 g/mol. The highest BCUT2D eigenvalue weighted by Gasteiger charge is 2.33. The average Bonchev–Trinajstić information content (AvgIpc) is 2.64. The van der Waals surface area contributed by atoms with Gasteiger partial charge in [0.25, 0.3) is 0 Å². The summed E-state index contributed by atoms with van der Waals surface area (Å²) in [5, 5.41) is 10.3. The molecule has 0 saturated carbocycles. The number of rotatable bonds is 2. The second-order valence-electron chi connectivity index (χ2n) is 7.42. The number of aromatic hydroxyl groups is 1. The monoisotopic (exact) mass is 362 g/mol. The van der Waals surface area contributed by atoms with Crippen LogP contribution in [0.1, 0.15) is 59.3 Å². The van der Waals surface area contributed by atoms with Gasteiger partial charge in [-0.1, -0.05) is 37.8 Å². The molecule has 1 aliphatic rings. The highest BCUT2D eigenvalue weighted by atomic mass is 16.5. The van der Waals surface area contributed by atoms with Crippen LogP contribution in [0, 0.1) is 11.8 Å². The molecule has 0 aromatic heterocycles. The van der Waals surface area contributed by atoms with Crippen molar-refractivity contribution in [1.29, 1.82) is 0 Å². The van der Waals surface area contributed by atoms with Crippen LogP contribution in [0.4, 0.5) is 0 Å². The quantitative estimate of drug-likeness (QED) is 0.653. The third kappa shape index (κ3) is 4.03. The van der Waals surface area contributed by atoms with Gasteiger partial charge in [0.2, 0.25) is 0 Å². The van der Waals surface area contributed by atoms with Crippen LogP contribution in [0.5, 0.6) is 5.75 Å². The number of fused-ring (bicyclic) bond motifs is 1. The second-order valence-corrected chi connectivity index (χ2v) is 7.42. The van der Waals surface area contributed by atoms with Crippen LogP contribution in [0.2, 0.25) is 0 Å². The number of hydrogen-bond donors (Lipinski definition) is 1. The molecule has 2 aromatic rings. The van der Waals surface area contributed by atoms with Crippen molar-refractivity contribution in [2.75, 3.05) is 7.11 Å². The van der Waals surface area contributed by atoms with Crippen molar-refractivity contribution in [1.82, 2.24) is 0 Å². The molecule has 0 radical (unpaired) electrons. The second kappa shape index (κ2) is 7.28. The molecule has 27 heavy (non-hydrogen) atoms. The lowest BCUT2D eigenvalue weighted by molar-refractivity contribution is -0.139. The largest absolute Gasteiger partial charge is 0.507 e. The first kappa shape index (κ1) is 18.7. The molecule has 0 fully saturated rings. The molecule has 0 bridgehead atoms. The van der Waals surface area contributed by atoms with Gasteiger partial charge >= 0.3 is 5.97 Å². The van der Waals surface area contributed by atoms with Crippen molar-refractivity contribution >= 4 is 11.8 Å². The number of phenols is 1. The van der Waals surface area contributed by atoms with Crippen LogP contribution >= 0.6 is 0 Å². The van der Waals surface area contributed by atoms with Gasteiger partial charge in [0.15, 0.2) is 5.78 Å². The third-order valence-corrected chi connectivity index (χ3v) is 4.98. The molecule has 0 amide bonds. The van der Waals surface area contributed by atoms with Crippen molar-refractivity contribution in [3.8, 4) is 17.6 Å². The minimum absolute atomic E-state index is 0.00278. The molecule has 1 aliphatic carbocycles. The Morgan fingerprint density at radius 1 is 1.15 bits per heavy atom. The van der Waals surface area contributed by atoms with Gasteiger partial charge in [0.1, 0.15) is 5.75 Å². The van der Waals surface area contributed by atoms with E-state index in [9.17, 15) is 14.7 Å². The van der Waals surface area contributed by atoms with E-state index >= 15 is 0 Å². The molecule has 1 N–H and O–H groups in total. The summed E-state index contributed by atoms with van der Waals surface area (Å²) in [5.41, 5.74) is 3.46. The Bertz CT molecular complexity index is 956. The number of esters is 1. The van der Waals surface area contributed by atoms with E-state index in [1.54, 1.807) is 6.07 Å². The smallest absolute Gasteiger partial charge is 0.309 e. The van der Waals surface area contributed by atoms with Gasteiger partial charge < -0.3 is 9.84 Å². The van der Waals surface area contributed by atoms with Crippen molar-refractivity contribution < 1.29 is 19.4 Å². The molecule has 0 spiro atoms. The first-order valence-electron chi connectivity index (χ1n) is 8.88. The number of ketones is 1. The highest BCUT2D eigenvalue weighted by molar-refractivity contribution is 6.01. The summed E-state index contributed by atoms with van der Waals surface area (Å²) in [6.07, 6.45) is 1.44. The van der Waals surface area contributed by atoms with Crippen molar-refractivity contribution in [2.24, 2.45) is 0 Å². The van der Waals surface area contributed by atoms with Gasteiger partial charge in [-0.2, -0.15) is 0 Å². The Morgan fingerprint density at radius 2 is 1.81 bits per heavy atom. The molecule has 0 atom stereocenters. The maximum atomic E-state index is 12.2. The molecule has 0 heterocycles. The van der Waals surface area contributed by atoms with Crippen LogP contribution in [-0.4, -0.2) is 24.0 Å². The summed E-state index contributed by atoms with van der Waals surface area (Å²) >= 11 is 0. The number of benzene rings is 2. The van der Waals surface area contributed by atoms with Crippen molar-refractivity contribution in [3.05, 3.63) is 64.2 Å². The zero-order chi connectivity index (χ0) is 19.6. The SMILES string of the molecule is COC(=O)Cc1ccc(C#Cc2cc(O)c3c(c2)C(C)(C)CCC3=O)cc1. The number of Topliss-reactive ketones (excluding diaryl/α,β-unsaturated/α-hetero) is 1. The Morgan fingerprint density at radius 3 is 2.48 bits per heavy atom. The number of hydrogen-bond acceptors (Lipinski definition) is 4. The molecule has 3 rings (SSSR count). The lowest BCUT2D eigenvalue weighted by atomic mass is 9.71. The molecule has 4 heteroatoms. The topological polar surface area (TPSA) is 63.6 Å². The molecular weight excluding hydrogens is 340 g/mol. The van der Waals surface area contributed by atoms with E-state index in [0.29, 0.717) is 17.5 Å². The fourth-order valence-corrected chi connectivity index (χ4v) is 3.30. The van der Waals surface area contributed by atoms with Gasteiger partial charge in [-0.15, -0.1) is 0 Å². The minimum atomic E-state index is -0.282. The van der Waals surface area contributed by atoms with Gasteiger partial charge in [-0.3, -0.25) is 9.59 Å². The molecule has 2 aromatic carbocycles. The maximum Gasteiger partial charge on any atom is 0.309 e. The number of methoxy groups -OCH3 is 1. The van der Waals surface area contributed by atoms with Gasteiger partial charge in [-0.05, 0) is 47.2 Å². The normalized spacial score (nSPS) is 14.7. The molecule has 0 aliphatic heterocycles. The zero-order valence-corrected chi connectivity index (χ0v) is 15.8. The van der Waals surface area contributed by atoms with Gasteiger partial charge in [0, 0.05) is 17.5 Å². The van der Waals surface area contributed by atoms with Crippen LogP contribution in [0.3, 0.4) is 0 Å². The summed E-state index contributed by atoms with van der Waals surface area (Å²) in [6, 6.07) is 10.8. The number of carbonyl (C=O) groups is 2. The fourth-order valence-electron chi connectivity index (χ4n) is 3.30. The number of ether oxygens (including phenoxy) is 1. The predicted molar refractivity (Wildman–Crippen MR) is 103 cm³/mol. The van der Waals surface area contributed by atoms with Crippen LogP contribution < -0.4 is 0 Å². The first-order chi connectivity index (χ1) is 12.8. The maximum absolute atomic E-state index is 12.2. The standard InChI is InChI=1S/C23H22O4/c1-23(2)11-10-19(24)22-18(23)12-17(13-20(22)25)9-6-15-4-7-16(8-5-15)14-21(26)27-3/h4-5,7-8,12-13,25H,10-11,14H2,1-3H3. The van der Waals surface area contributed by atoms with Gasteiger partial charge in [0.05, 0.1) is 19.1 Å². The van der Waals surface area contributed by atoms with Gasteiger partial charge in [-0.25, -0.2) is 0 Å². The summed E-state index contributed by atoms with van der Waals surface area (Å²) in [6.45, 7) is 4.16. The van der Waals surface area contributed by atoms with E-state index < -0.39 is 0 Å². The zero-order valence-electron chi connectivity index (χ0n) is 15.8. The fraction of sp³-hybridized carbons (Fsp3) is 0.304. The predicted octanol–water partition coefficient (Wildman–Crippen LogP) is 3.76. The van der Waals surface area contributed by atoms with Crippen LogP contribution in [0.15, 0.2) is 36.4 Å². The van der Waals surface area contributed by atoms with E-state index in [2.05, 4.69) is 30.4 Å². The Labute approximate surface area is 159 Å². The molecule has 0 saturated heterocycles. The third-order valence-electron chi connectivity index (χ3n) is 4.98. The summed E-state index contributed by atoms with van der Waals surface area (Å²) in [5.74, 6) is 5.84. The van der Waals surface area contributed by atoms with E-state index in [1.165, 1.54) is 7.11 Å². The summed E-state index contributed by atoms with van der Waals surface area (Å²) in [4.78, 5) is 23.5. The molecule has 4 nitrogen and oxygen atoms in total. The summed E-state index contributed by atoms with van der Waals surface area (Å²) in [7, 11) is 1.37. The Hall–Kier alpha value is -3.06. The lowest BCUT2D eigenvalue weighted by Crippen LogP contribution is -2.27. The van der Waals surface area contributed by atoms with E-state index in [0.717, 1.165) is 23.1 Å². The highest BCUT2D eigenvalue weighted by Crippen LogP contribution is 2.40. The number of phenolic OH excluding ortho intramolecular Hbond substituents is 1. The van der Waals surface area contributed by atoms with Crippen LogP contribution in [-0.2, 0) is 21.4 Å². The van der Waals surface area contributed by atoms with E-state index in [-0.39, 0.29) is 29.3 Å². The molecule has 138 valence electrons. The molecular formula is C23H22O4. The summed E-state index contributed by atoms with van der Waals surface area (Å²) < 4.78 is 4.66. The van der Waals surface area contributed by atoms with E-state index in [4.69, 9.17) is 0 Å². The number of carbonyl (C=O) groups excluding carboxylic acids is 2. The Balaban J connectivity index is 1.88. The van der Waals surface area contributed by atoms with E-state index in [1.807, 2.05) is 30.3 Å².